The van der Waals surface area contributed by atoms with Gasteiger partial charge in [-0.3, -0.25) is 4.79 Å². The van der Waals surface area contributed by atoms with Crippen LogP contribution < -0.4 is 5.32 Å². The standard InChI is InChI=1S/C23H24ClN3O/c1-15-8-10-17(11-9-15)14-27-22(24)20(16(2)26-27)23(28)25-21(19-12-13-19)18-6-4-3-5-7-18/h3-11,19,21H,12-14H2,1-2H3,(H,25,28). The van der Waals surface area contributed by atoms with Crippen molar-refractivity contribution in [3.63, 3.8) is 0 Å². The third-order valence-corrected chi connectivity index (χ3v) is 5.67. The molecule has 1 N–H and O–H groups in total. The van der Waals surface area contributed by atoms with Crippen molar-refractivity contribution in [3.05, 3.63) is 87.7 Å². The molecule has 3 aromatic rings. The first-order valence-electron chi connectivity index (χ1n) is 9.67. The van der Waals surface area contributed by atoms with Crippen LogP contribution in [0, 0.1) is 19.8 Å². The summed E-state index contributed by atoms with van der Waals surface area (Å²) in [7, 11) is 0. The van der Waals surface area contributed by atoms with E-state index in [4.69, 9.17) is 11.6 Å². The highest BCUT2D eigenvalue weighted by Crippen LogP contribution is 2.41. The number of hydrogen-bond donors (Lipinski definition) is 1. The molecule has 5 heteroatoms. The molecule has 144 valence electrons. The van der Waals surface area contributed by atoms with Crippen LogP contribution >= 0.6 is 11.6 Å². The van der Waals surface area contributed by atoms with Crippen LogP contribution in [-0.2, 0) is 6.54 Å². The molecule has 0 saturated heterocycles. The molecule has 0 radical (unpaired) electrons. The van der Waals surface area contributed by atoms with Gasteiger partial charge in [-0.05, 0) is 43.7 Å². The van der Waals surface area contributed by atoms with Crippen LogP contribution in [0.5, 0.6) is 0 Å². The first kappa shape index (κ1) is 18.8. The van der Waals surface area contributed by atoms with Crippen molar-refractivity contribution in [2.45, 2.75) is 39.3 Å². The Morgan fingerprint density at radius 2 is 1.82 bits per heavy atom. The molecule has 1 fully saturated rings. The van der Waals surface area contributed by atoms with Crippen molar-refractivity contribution < 1.29 is 4.79 Å². The van der Waals surface area contributed by atoms with Gasteiger partial charge in [0.1, 0.15) is 5.15 Å². The quantitative estimate of drug-likeness (QED) is 0.634. The second kappa shape index (κ2) is 7.80. The number of amides is 1. The monoisotopic (exact) mass is 393 g/mol. The van der Waals surface area contributed by atoms with Gasteiger partial charge < -0.3 is 5.32 Å². The Morgan fingerprint density at radius 1 is 1.14 bits per heavy atom. The van der Waals surface area contributed by atoms with Crippen molar-refractivity contribution in [3.8, 4) is 0 Å². The van der Waals surface area contributed by atoms with Crippen molar-refractivity contribution in [1.82, 2.24) is 15.1 Å². The van der Waals surface area contributed by atoms with Crippen LogP contribution in [0.1, 0.15) is 51.6 Å². The van der Waals surface area contributed by atoms with E-state index in [0.29, 0.717) is 28.9 Å². The van der Waals surface area contributed by atoms with E-state index in [-0.39, 0.29) is 11.9 Å². The second-order valence-corrected chi connectivity index (χ2v) is 7.95. The molecule has 1 amide bonds. The molecule has 0 aliphatic heterocycles. The number of halogens is 1. The van der Waals surface area contributed by atoms with E-state index in [1.807, 2.05) is 25.1 Å². The highest BCUT2D eigenvalue weighted by Gasteiger charge is 2.34. The fourth-order valence-corrected chi connectivity index (χ4v) is 3.88. The average molecular weight is 394 g/mol. The van der Waals surface area contributed by atoms with Crippen molar-refractivity contribution in [2.75, 3.05) is 0 Å². The average Bonchev–Trinajstić information content (AvgIpc) is 3.49. The Hall–Kier alpha value is -2.59. The lowest BCUT2D eigenvalue weighted by Crippen LogP contribution is -2.30. The maximum Gasteiger partial charge on any atom is 0.256 e. The summed E-state index contributed by atoms with van der Waals surface area (Å²) < 4.78 is 1.70. The fourth-order valence-electron chi connectivity index (χ4n) is 3.56. The minimum Gasteiger partial charge on any atom is -0.345 e. The van der Waals surface area contributed by atoms with Gasteiger partial charge in [0.05, 0.1) is 23.8 Å². The highest BCUT2D eigenvalue weighted by atomic mass is 35.5. The second-order valence-electron chi connectivity index (χ2n) is 7.59. The molecule has 1 unspecified atom stereocenters. The zero-order chi connectivity index (χ0) is 19.7. The Balaban J connectivity index is 1.55. The lowest BCUT2D eigenvalue weighted by molar-refractivity contribution is 0.0931. The lowest BCUT2D eigenvalue weighted by Gasteiger charge is -2.18. The topological polar surface area (TPSA) is 46.9 Å². The Bertz CT molecular complexity index is 975. The minimum atomic E-state index is -0.154. The Morgan fingerprint density at radius 3 is 2.46 bits per heavy atom. The summed E-state index contributed by atoms with van der Waals surface area (Å²) in [5, 5.41) is 8.10. The SMILES string of the molecule is Cc1ccc(Cn2nc(C)c(C(=O)NC(c3ccccc3)C3CC3)c2Cl)cc1. The first-order chi connectivity index (χ1) is 13.5. The van der Waals surface area contributed by atoms with E-state index >= 15 is 0 Å². The summed E-state index contributed by atoms with van der Waals surface area (Å²) >= 11 is 6.57. The number of aryl methyl sites for hydroxylation is 2. The van der Waals surface area contributed by atoms with Gasteiger partial charge >= 0.3 is 0 Å². The molecule has 1 heterocycles. The molecule has 4 nitrogen and oxygen atoms in total. The number of carbonyl (C=O) groups excluding carboxylic acids is 1. The van der Waals surface area contributed by atoms with Gasteiger partial charge in [-0.25, -0.2) is 4.68 Å². The third kappa shape index (κ3) is 3.97. The predicted molar refractivity (Wildman–Crippen MR) is 112 cm³/mol. The Labute approximate surface area is 170 Å². The van der Waals surface area contributed by atoms with Gasteiger partial charge in [0.2, 0.25) is 0 Å². The van der Waals surface area contributed by atoms with Crippen LogP contribution in [0.15, 0.2) is 54.6 Å². The highest BCUT2D eigenvalue weighted by molar-refractivity contribution is 6.33. The molecule has 2 aromatic carbocycles. The molecular weight excluding hydrogens is 370 g/mol. The summed E-state index contributed by atoms with van der Waals surface area (Å²) in [5.41, 5.74) is 4.56. The van der Waals surface area contributed by atoms with Gasteiger partial charge in [-0.1, -0.05) is 71.8 Å². The van der Waals surface area contributed by atoms with Crippen molar-refractivity contribution in [1.29, 1.82) is 0 Å². The summed E-state index contributed by atoms with van der Waals surface area (Å²) in [6.45, 7) is 4.43. The van der Waals surface area contributed by atoms with E-state index in [2.05, 4.69) is 53.7 Å². The zero-order valence-electron chi connectivity index (χ0n) is 16.2. The number of nitrogens with zero attached hydrogens (tertiary/aromatic N) is 2. The molecule has 1 saturated carbocycles. The normalized spacial score (nSPS) is 14.7. The molecule has 1 aliphatic rings. The summed E-state index contributed by atoms with van der Waals surface area (Å²) in [4.78, 5) is 13.1. The summed E-state index contributed by atoms with van der Waals surface area (Å²) in [6.07, 6.45) is 2.28. The largest absolute Gasteiger partial charge is 0.345 e. The minimum absolute atomic E-state index is 0.0182. The summed E-state index contributed by atoms with van der Waals surface area (Å²) in [5.74, 6) is 0.339. The molecule has 0 bridgehead atoms. The maximum absolute atomic E-state index is 13.1. The van der Waals surface area contributed by atoms with E-state index in [9.17, 15) is 4.79 Å². The van der Waals surface area contributed by atoms with Crippen LogP contribution in [0.4, 0.5) is 0 Å². The van der Waals surface area contributed by atoms with Crippen LogP contribution in [-0.4, -0.2) is 15.7 Å². The lowest BCUT2D eigenvalue weighted by atomic mass is 10.0. The predicted octanol–water partition coefficient (Wildman–Crippen LogP) is 5.08. The molecule has 1 aliphatic carbocycles. The van der Waals surface area contributed by atoms with Gasteiger partial charge in [0, 0.05) is 0 Å². The Kier molecular flexibility index (Phi) is 5.23. The molecule has 28 heavy (non-hydrogen) atoms. The van der Waals surface area contributed by atoms with Crippen molar-refractivity contribution in [2.24, 2.45) is 5.92 Å². The van der Waals surface area contributed by atoms with Gasteiger partial charge in [-0.2, -0.15) is 5.10 Å². The number of carbonyl (C=O) groups is 1. The molecule has 0 spiro atoms. The number of aromatic nitrogens is 2. The third-order valence-electron chi connectivity index (χ3n) is 5.28. The number of benzene rings is 2. The molecule has 4 rings (SSSR count). The maximum atomic E-state index is 13.1. The first-order valence-corrected chi connectivity index (χ1v) is 10.0. The molecule has 1 aromatic heterocycles. The number of nitrogens with one attached hydrogen (secondary N) is 1. The van der Waals surface area contributed by atoms with E-state index in [1.54, 1.807) is 4.68 Å². The fraction of sp³-hybridized carbons (Fsp3) is 0.304. The van der Waals surface area contributed by atoms with Gasteiger partial charge in [0.25, 0.3) is 5.91 Å². The number of rotatable bonds is 6. The van der Waals surface area contributed by atoms with E-state index in [1.165, 1.54) is 5.56 Å². The smallest absolute Gasteiger partial charge is 0.256 e. The zero-order valence-corrected chi connectivity index (χ0v) is 16.9. The van der Waals surface area contributed by atoms with E-state index < -0.39 is 0 Å². The number of hydrogen-bond acceptors (Lipinski definition) is 2. The van der Waals surface area contributed by atoms with E-state index in [0.717, 1.165) is 24.0 Å². The van der Waals surface area contributed by atoms with Gasteiger partial charge in [0.15, 0.2) is 0 Å². The molecule has 1 atom stereocenters. The van der Waals surface area contributed by atoms with Crippen molar-refractivity contribution >= 4 is 17.5 Å². The van der Waals surface area contributed by atoms with Crippen LogP contribution in [0.25, 0.3) is 0 Å². The van der Waals surface area contributed by atoms with Gasteiger partial charge in [-0.15, -0.1) is 0 Å². The van der Waals surface area contributed by atoms with Crippen LogP contribution in [0.3, 0.4) is 0 Å². The molecular formula is C23H24ClN3O. The van der Waals surface area contributed by atoms with Crippen LogP contribution in [0.2, 0.25) is 5.15 Å². The summed E-state index contributed by atoms with van der Waals surface area (Å²) in [6, 6.07) is 18.4.